The summed E-state index contributed by atoms with van der Waals surface area (Å²) in [5, 5.41) is 28.1. The van der Waals surface area contributed by atoms with E-state index in [1.54, 1.807) is 0 Å². The van der Waals surface area contributed by atoms with Crippen LogP contribution in [-0.4, -0.2) is 257 Å². The van der Waals surface area contributed by atoms with Gasteiger partial charge in [0.15, 0.2) is 0 Å². The third kappa shape index (κ3) is 47.8. The zero-order chi connectivity index (χ0) is 96.6. The van der Waals surface area contributed by atoms with Crippen molar-refractivity contribution in [3.8, 4) is 0 Å². The number of esters is 1. The largest absolute Gasteiger partial charge is 0.471 e. The molecule has 126 heavy (non-hydrogen) atoms. The van der Waals surface area contributed by atoms with Gasteiger partial charge in [-0.2, -0.15) is 105 Å². The molecule has 1 aromatic carbocycles. The van der Waals surface area contributed by atoms with Gasteiger partial charge >= 0.3 is 109 Å². The van der Waals surface area contributed by atoms with Crippen molar-refractivity contribution in [3.05, 3.63) is 35.9 Å². The summed E-state index contributed by atoms with van der Waals surface area (Å²) < 4.78 is 329. The molecule has 0 aliphatic heterocycles. The smallest absolute Gasteiger partial charge is 0.459 e. The summed E-state index contributed by atoms with van der Waals surface area (Å²) in [5.41, 5.74) is -1.10. The number of alkyl carbamates (subject to hydrolysis) is 1. The second-order valence-electron chi connectivity index (χ2n) is 27.9. The number of ether oxygens (including phenoxy) is 2. The van der Waals surface area contributed by atoms with Crippen LogP contribution in [0.25, 0.3) is 0 Å². The predicted molar refractivity (Wildman–Crippen MR) is 379 cm³/mol. The Bertz CT molecular complexity index is 3770. The van der Waals surface area contributed by atoms with Crippen molar-refractivity contribution in [2.75, 3.05) is 58.9 Å². The summed E-state index contributed by atoms with van der Waals surface area (Å²) >= 11 is 0. The summed E-state index contributed by atoms with van der Waals surface area (Å²) in [5.74, 6) is -31.9. The van der Waals surface area contributed by atoms with E-state index in [2.05, 4.69) is 16.0 Å². The van der Waals surface area contributed by atoms with Crippen molar-refractivity contribution < 1.29 is 192 Å². The molecule has 34 nitrogen and oxygen atoms in total. The maximum atomic E-state index is 14.8. The Labute approximate surface area is 698 Å². The second kappa shape index (κ2) is 52.1. The van der Waals surface area contributed by atoms with E-state index >= 15 is 0 Å². The maximum absolute atomic E-state index is 14.8. The third-order valence-electron chi connectivity index (χ3n) is 16.4. The molecule has 8 atom stereocenters. The van der Waals surface area contributed by atoms with Crippen LogP contribution in [0.4, 0.5) is 110 Å². The van der Waals surface area contributed by atoms with Gasteiger partial charge in [-0.25, -0.2) is 9.59 Å². The quantitative estimate of drug-likeness (QED) is 0.0253. The third-order valence-corrected chi connectivity index (χ3v) is 16.4. The Morgan fingerprint density at radius 2 is 0.492 bits per heavy atom. The fourth-order valence-electron chi connectivity index (χ4n) is 10.3. The van der Waals surface area contributed by atoms with Crippen LogP contribution in [0.15, 0.2) is 30.3 Å². The van der Waals surface area contributed by atoms with E-state index in [9.17, 15) is 182 Å². The highest BCUT2D eigenvalue weighted by atomic mass is 19.4. The van der Waals surface area contributed by atoms with E-state index in [1.165, 1.54) is 93.6 Å². The van der Waals surface area contributed by atoms with E-state index in [1.807, 2.05) is 26.6 Å². The first-order valence-electron chi connectivity index (χ1n) is 37.4. The first-order chi connectivity index (χ1) is 57.8. The maximum Gasteiger partial charge on any atom is 0.471 e. The standard InChI is InChI=1S/C68H90F24N16O18/c1-60(2,3)126-59(124)108-42(23-13-31-99-57(122)67(87,88)89)49(114)106-41(22-12-30-98-56(121)66(84,85)86)48(113)105-40(21-11-29-97-55(120)65(81,82)83)47(112)104-39(20-10-28-96-54(119)64(78,79)80)46(111)103-38(19-9-27-95-53(118)63(75,76)77)45(110)102-36(17-7-25-93-51(116)61(69,70)71)33-101-37(18-8-26-94-52(117)62(72,73)74)44(109)107-43(24-14-32-100-58(123)68(90,91)92)50(115)125-34-35-15-5-4-6-16-35/h4-6,15-16,36-43,101H,7-14,17-34H2,1-3H3,(H,93,116)(H,94,117)(H,95,118)(H,96,119)(H,97,120)(H,98,121)(H,99,122)(H,100,123)(H,102,110)(H,103,111)(H,104,112)(H,105,113)(H,106,114)(H,107,109)(H,108,124)/t36-,37-,38-,39-,40-,41-,42-,43-/m0/s1. The lowest BCUT2D eigenvalue weighted by molar-refractivity contribution is -0.173. The second-order valence-corrected chi connectivity index (χ2v) is 27.9. The molecule has 1 aromatic rings. The van der Waals surface area contributed by atoms with Crippen LogP contribution in [0.5, 0.6) is 0 Å². The first-order valence-corrected chi connectivity index (χ1v) is 37.4. The highest BCUT2D eigenvalue weighted by Gasteiger charge is 2.45. The molecule has 0 heterocycles. The number of carbonyl (C=O) groups is 16. The van der Waals surface area contributed by atoms with Gasteiger partial charge < -0.3 is 94.5 Å². The van der Waals surface area contributed by atoms with Gasteiger partial charge in [0.2, 0.25) is 35.4 Å². The molecular weight excluding hydrogens is 1780 g/mol. The van der Waals surface area contributed by atoms with E-state index in [0.717, 1.165) is 0 Å². The molecule has 16 N–H and O–H groups in total. The molecule has 0 spiro atoms. The Kier molecular flexibility index (Phi) is 46.6. The average molecular weight is 1880 g/mol. The summed E-state index contributed by atoms with van der Waals surface area (Å²) in [7, 11) is 0. The Morgan fingerprint density at radius 1 is 0.278 bits per heavy atom. The highest BCUT2D eigenvalue weighted by molar-refractivity contribution is 5.97. The van der Waals surface area contributed by atoms with Crippen LogP contribution in [0, 0.1) is 0 Å². The zero-order valence-electron chi connectivity index (χ0n) is 66.3. The first kappa shape index (κ1) is 113. The Balaban J connectivity index is 4.40. The molecule has 0 fully saturated rings. The number of hydrogen-bond donors (Lipinski definition) is 16. The highest BCUT2D eigenvalue weighted by Crippen LogP contribution is 2.22. The van der Waals surface area contributed by atoms with Crippen LogP contribution in [-0.2, 0) is 88.0 Å². The average Bonchev–Trinajstić information content (AvgIpc) is 0.859. The number of alkyl halides is 24. The van der Waals surface area contributed by atoms with Crippen molar-refractivity contribution in [3.63, 3.8) is 0 Å². The fraction of sp³-hybridized carbons (Fsp3) is 0.676. The normalized spacial score (nSPS) is 14.2. The molecule has 0 saturated carbocycles. The minimum Gasteiger partial charge on any atom is -0.459 e. The van der Waals surface area contributed by atoms with Crippen LogP contribution < -0.4 is 85.1 Å². The van der Waals surface area contributed by atoms with E-state index < -0.39 is 366 Å². The van der Waals surface area contributed by atoms with Crippen molar-refractivity contribution in [1.82, 2.24) is 85.1 Å². The number of hydrogen-bond acceptors (Lipinski definition) is 19. The monoisotopic (exact) mass is 1870 g/mol. The summed E-state index contributed by atoms with van der Waals surface area (Å²) in [6.07, 6.45) is -59.5. The molecule has 1 rings (SSSR count). The van der Waals surface area contributed by atoms with Gasteiger partial charge in [-0.1, -0.05) is 30.3 Å². The lowest BCUT2D eigenvalue weighted by atomic mass is 10.0. The molecule has 0 aliphatic rings. The lowest BCUT2D eigenvalue weighted by Gasteiger charge is -2.29. The topological polar surface area (TPSA) is 484 Å². The van der Waals surface area contributed by atoms with Gasteiger partial charge in [0.05, 0.1) is 6.04 Å². The van der Waals surface area contributed by atoms with Crippen LogP contribution in [0.3, 0.4) is 0 Å². The lowest BCUT2D eigenvalue weighted by Crippen LogP contribution is -2.60. The van der Waals surface area contributed by atoms with Crippen LogP contribution >= 0.6 is 0 Å². The van der Waals surface area contributed by atoms with Gasteiger partial charge in [-0.15, -0.1) is 0 Å². The predicted octanol–water partition coefficient (Wildman–Crippen LogP) is 3.16. The molecule has 0 radical (unpaired) electrons. The van der Waals surface area contributed by atoms with Crippen molar-refractivity contribution in [2.24, 2.45) is 0 Å². The van der Waals surface area contributed by atoms with Gasteiger partial charge in [-0.05, 0) is 129 Å². The summed E-state index contributed by atoms with van der Waals surface area (Å²) in [4.78, 5) is 208. The van der Waals surface area contributed by atoms with Crippen molar-refractivity contribution in [2.45, 2.75) is 233 Å². The molecule has 15 amide bonds. The zero-order valence-corrected chi connectivity index (χ0v) is 66.3. The number of benzene rings is 1. The molecule has 718 valence electrons. The van der Waals surface area contributed by atoms with Gasteiger partial charge in [-0.3, -0.25) is 67.1 Å². The van der Waals surface area contributed by atoms with E-state index in [0.29, 0.717) is 5.56 Å². The number of nitrogens with one attached hydrogen (secondary N) is 16. The van der Waals surface area contributed by atoms with E-state index in [4.69, 9.17) is 9.47 Å². The van der Waals surface area contributed by atoms with Crippen molar-refractivity contribution >= 4 is 94.8 Å². The van der Waals surface area contributed by atoms with Gasteiger partial charge in [0, 0.05) is 64.9 Å². The minimum absolute atomic E-state index is 0.297. The molecule has 0 aliphatic carbocycles. The number of carbonyl (C=O) groups excluding carboxylic acids is 16. The number of rotatable bonds is 51. The molecule has 0 saturated heterocycles. The van der Waals surface area contributed by atoms with E-state index in [-0.39, 0.29) is 0 Å². The Morgan fingerprint density at radius 3 is 0.746 bits per heavy atom. The SMILES string of the molecule is CC(C)(C)OC(=O)N[C@@H](CCCNC(=O)C(F)(F)F)C(=O)N[C@@H](CCCNC(=O)C(F)(F)F)C(=O)N[C@@H](CCCNC(=O)C(F)(F)F)C(=O)N[C@@H](CCCNC(=O)C(F)(F)F)C(=O)N[C@@H](CCCNC(=O)C(F)(F)F)C(=O)N[C@@H](CCCNC(=O)C(F)(F)F)CN[C@@H](CCCNC(=O)C(F)(F)F)C(=O)N[C@@H](CCCNC(=O)C(F)(F)F)C(=O)OCc1ccccc1. The van der Waals surface area contributed by atoms with Crippen molar-refractivity contribution in [1.29, 1.82) is 0 Å². The van der Waals surface area contributed by atoms with Crippen LogP contribution in [0.2, 0.25) is 0 Å². The molecule has 0 aromatic heterocycles. The minimum atomic E-state index is -5.65. The summed E-state index contributed by atoms with van der Waals surface area (Å²) in [6.45, 7) is -5.87. The van der Waals surface area contributed by atoms with Gasteiger partial charge in [0.1, 0.15) is 48.5 Å². The summed E-state index contributed by atoms with van der Waals surface area (Å²) in [6, 6.07) is -10.1. The Hall–Kier alpha value is -11.2. The number of amides is 15. The van der Waals surface area contributed by atoms with Gasteiger partial charge in [0.25, 0.3) is 0 Å². The molecular formula is C68H90F24N16O18. The number of halogens is 24. The molecule has 0 unspecified atom stereocenters. The molecule has 0 bridgehead atoms. The molecule has 58 heteroatoms. The fourth-order valence-corrected chi connectivity index (χ4v) is 10.3. The van der Waals surface area contributed by atoms with Crippen LogP contribution in [0.1, 0.15) is 129 Å².